The van der Waals surface area contributed by atoms with E-state index in [1.807, 2.05) is 41.3 Å². The second-order valence-corrected chi connectivity index (χ2v) is 6.26. The number of hydrogen-bond donors (Lipinski definition) is 0. The van der Waals surface area contributed by atoms with Crippen molar-refractivity contribution in [3.8, 4) is 0 Å². The number of rotatable bonds is 4. The predicted octanol–water partition coefficient (Wildman–Crippen LogP) is 2.98. The number of amides is 1. The molecule has 1 saturated heterocycles. The molecule has 0 aromatic heterocycles. The highest BCUT2D eigenvalue weighted by Gasteiger charge is 2.24. The van der Waals surface area contributed by atoms with Crippen LogP contribution in [-0.2, 0) is 4.79 Å². The summed E-state index contributed by atoms with van der Waals surface area (Å²) >= 11 is 0. The van der Waals surface area contributed by atoms with Gasteiger partial charge in [0.25, 0.3) is 0 Å². The molecule has 0 bridgehead atoms. The SMILES string of the molecule is CN1CCN(C(=O)CC(c2ccccc2)c2ccccc2)CC1. The van der Waals surface area contributed by atoms with Crippen molar-refractivity contribution in [3.63, 3.8) is 0 Å². The summed E-state index contributed by atoms with van der Waals surface area (Å²) in [5.41, 5.74) is 2.42. The van der Waals surface area contributed by atoms with Crippen molar-refractivity contribution in [1.82, 2.24) is 9.80 Å². The smallest absolute Gasteiger partial charge is 0.223 e. The average molecular weight is 308 g/mol. The quantitative estimate of drug-likeness (QED) is 0.867. The molecule has 1 heterocycles. The molecule has 3 nitrogen and oxygen atoms in total. The zero-order valence-electron chi connectivity index (χ0n) is 13.7. The van der Waals surface area contributed by atoms with E-state index >= 15 is 0 Å². The van der Waals surface area contributed by atoms with Gasteiger partial charge in [0.1, 0.15) is 0 Å². The molecule has 0 atom stereocenters. The Balaban J connectivity index is 1.78. The maximum Gasteiger partial charge on any atom is 0.223 e. The molecule has 2 aromatic rings. The minimum absolute atomic E-state index is 0.129. The van der Waals surface area contributed by atoms with Gasteiger partial charge < -0.3 is 9.80 Å². The number of likely N-dealkylation sites (N-methyl/N-ethyl adjacent to an activating group) is 1. The lowest BCUT2D eigenvalue weighted by molar-refractivity contribution is -0.133. The van der Waals surface area contributed by atoms with E-state index in [1.54, 1.807) is 0 Å². The summed E-state index contributed by atoms with van der Waals surface area (Å²) < 4.78 is 0. The fourth-order valence-electron chi connectivity index (χ4n) is 3.16. The third kappa shape index (κ3) is 3.99. The Morgan fingerprint density at radius 2 is 1.35 bits per heavy atom. The summed E-state index contributed by atoms with van der Waals surface area (Å²) in [7, 11) is 2.11. The van der Waals surface area contributed by atoms with Gasteiger partial charge in [0.05, 0.1) is 0 Å². The van der Waals surface area contributed by atoms with Crippen LogP contribution in [0.4, 0.5) is 0 Å². The summed E-state index contributed by atoms with van der Waals surface area (Å²) in [6.45, 7) is 3.61. The van der Waals surface area contributed by atoms with E-state index in [-0.39, 0.29) is 11.8 Å². The molecule has 0 radical (unpaired) electrons. The minimum Gasteiger partial charge on any atom is -0.340 e. The van der Waals surface area contributed by atoms with Crippen molar-refractivity contribution in [2.24, 2.45) is 0 Å². The van der Waals surface area contributed by atoms with Gasteiger partial charge in [-0.25, -0.2) is 0 Å². The molecule has 0 spiro atoms. The monoisotopic (exact) mass is 308 g/mol. The number of nitrogens with zero attached hydrogens (tertiary/aromatic N) is 2. The Morgan fingerprint density at radius 1 is 0.870 bits per heavy atom. The number of piperazine rings is 1. The molecular formula is C20H24N2O. The van der Waals surface area contributed by atoms with Gasteiger partial charge in [-0.05, 0) is 18.2 Å². The Kier molecular flexibility index (Phi) is 5.09. The molecular weight excluding hydrogens is 284 g/mol. The first kappa shape index (κ1) is 15.8. The minimum atomic E-state index is 0.129. The van der Waals surface area contributed by atoms with Crippen LogP contribution in [-0.4, -0.2) is 48.9 Å². The van der Waals surface area contributed by atoms with Crippen LogP contribution >= 0.6 is 0 Å². The third-order valence-electron chi connectivity index (χ3n) is 4.64. The van der Waals surface area contributed by atoms with E-state index in [9.17, 15) is 4.79 Å². The zero-order valence-corrected chi connectivity index (χ0v) is 13.7. The van der Waals surface area contributed by atoms with Crippen LogP contribution in [0.5, 0.6) is 0 Å². The predicted molar refractivity (Wildman–Crippen MR) is 93.4 cm³/mol. The number of hydrogen-bond acceptors (Lipinski definition) is 2. The van der Waals surface area contributed by atoms with Crippen molar-refractivity contribution >= 4 is 5.91 Å². The normalized spacial score (nSPS) is 15.8. The lowest BCUT2D eigenvalue weighted by Crippen LogP contribution is -2.47. The first-order valence-corrected chi connectivity index (χ1v) is 8.30. The van der Waals surface area contributed by atoms with Crippen LogP contribution in [0.25, 0.3) is 0 Å². The van der Waals surface area contributed by atoms with E-state index in [1.165, 1.54) is 11.1 Å². The van der Waals surface area contributed by atoms with Gasteiger partial charge in [-0.3, -0.25) is 4.79 Å². The van der Waals surface area contributed by atoms with Gasteiger partial charge in [0.2, 0.25) is 5.91 Å². The van der Waals surface area contributed by atoms with Crippen molar-refractivity contribution in [2.45, 2.75) is 12.3 Å². The van der Waals surface area contributed by atoms with E-state index in [0.717, 1.165) is 26.2 Å². The molecule has 0 saturated carbocycles. The summed E-state index contributed by atoms with van der Waals surface area (Å²) in [4.78, 5) is 17.1. The van der Waals surface area contributed by atoms with E-state index in [2.05, 4.69) is 36.2 Å². The first-order chi connectivity index (χ1) is 11.2. The topological polar surface area (TPSA) is 23.6 Å². The molecule has 1 aliphatic heterocycles. The van der Waals surface area contributed by atoms with Crippen LogP contribution < -0.4 is 0 Å². The Hall–Kier alpha value is -2.13. The number of carbonyl (C=O) groups excluding carboxylic acids is 1. The van der Waals surface area contributed by atoms with E-state index in [4.69, 9.17) is 0 Å². The molecule has 2 aromatic carbocycles. The van der Waals surface area contributed by atoms with Crippen LogP contribution in [0.3, 0.4) is 0 Å². The molecule has 1 fully saturated rings. The highest BCUT2D eigenvalue weighted by atomic mass is 16.2. The van der Waals surface area contributed by atoms with Gasteiger partial charge in [-0.2, -0.15) is 0 Å². The molecule has 1 amide bonds. The molecule has 1 aliphatic rings. The molecule has 23 heavy (non-hydrogen) atoms. The van der Waals surface area contributed by atoms with Gasteiger partial charge in [-0.15, -0.1) is 0 Å². The van der Waals surface area contributed by atoms with Crippen LogP contribution in [0.2, 0.25) is 0 Å². The molecule has 0 aliphatic carbocycles. The lowest BCUT2D eigenvalue weighted by Gasteiger charge is -2.33. The average Bonchev–Trinajstić information content (AvgIpc) is 2.61. The highest BCUT2D eigenvalue weighted by Crippen LogP contribution is 2.28. The molecule has 0 unspecified atom stereocenters. The Morgan fingerprint density at radius 3 is 1.83 bits per heavy atom. The van der Waals surface area contributed by atoms with E-state index in [0.29, 0.717) is 6.42 Å². The van der Waals surface area contributed by atoms with E-state index < -0.39 is 0 Å². The Labute approximate surface area is 138 Å². The molecule has 3 rings (SSSR count). The summed E-state index contributed by atoms with van der Waals surface area (Å²) in [6.07, 6.45) is 0.539. The van der Waals surface area contributed by atoms with Gasteiger partial charge in [0.15, 0.2) is 0 Å². The summed E-state index contributed by atoms with van der Waals surface area (Å²) in [5, 5.41) is 0. The maximum absolute atomic E-state index is 12.8. The Bertz CT molecular complexity index is 579. The summed E-state index contributed by atoms with van der Waals surface area (Å²) in [6, 6.07) is 20.7. The van der Waals surface area contributed by atoms with Crippen molar-refractivity contribution in [3.05, 3.63) is 71.8 Å². The largest absolute Gasteiger partial charge is 0.340 e. The van der Waals surface area contributed by atoms with Crippen LogP contribution in [0.1, 0.15) is 23.5 Å². The lowest BCUT2D eigenvalue weighted by atomic mass is 9.88. The van der Waals surface area contributed by atoms with Crippen LogP contribution in [0, 0.1) is 0 Å². The van der Waals surface area contributed by atoms with Crippen LogP contribution in [0.15, 0.2) is 60.7 Å². The molecule has 3 heteroatoms. The standard InChI is InChI=1S/C20H24N2O/c1-21-12-14-22(15-13-21)20(23)16-19(17-8-4-2-5-9-17)18-10-6-3-7-11-18/h2-11,19H,12-16H2,1H3. The fraction of sp³-hybridized carbons (Fsp3) is 0.350. The number of benzene rings is 2. The number of carbonyl (C=O) groups is 1. The first-order valence-electron chi connectivity index (χ1n) is 8.30. The second-order valence-electron chi connectivity index (χ2n) is 6.26. The molecule has 120 valence electrons. The summed E-state index contributed by atoms with van der Waals surface area (Å²) in [5.74, 6) is 0.389. The second kappa shape index (κ2) is 7.42. The maximum atomic E-state index is 12.8. The van der Waals surface area contributed by atoms with Crippen molar-refractivity contribution in [2.75, 3.05) is 33.2 Å². The molecule has 0 N–H and O–H groups in total. The van der Waals surface area contributed by atoms with Gasteiger partial charge in [-0.1, -0.05) is 60.7 Å². The third-order valence-corrected chi connectivity index (χ3v) is 4.64. The highest BCUT2D eigenvalue weighted by molar-refractivity contribution is 5.78. The zero-order chi connectivity index (χ0) is 16.1. The van der Waals surface area contributed by atoms with Gasteiger partial charge >= 0.3 is 0 Å². The fourth-order valence-corrected chi connectivity index (χ4v) is 3.16. The van der Waals surface area contributed by atoms with Crippen molar-refractivity contribution < 1.29 is 4.79 Å². The van der Waals surface area contributed by atoms with Gasteiger partial charge in [0, 0.05) is 38.5 Å². The van der Waals surface area contributed by atoms with Crippen molar-refractivity contribution in [1.29, 1.82) is 0 Å².